The van der Waals surface area contributed by atoms with Gasteiger partial charge in [0.25, 0.3) is 5.56 Å². The van der Waals surface area contributed by atoms with Gasteiger partial charge in [-0.2, -0.15) is 0 Å². The Morgan fingerprint density at radius 1 is 0.971 bits per heavy atom. The zero-order valence-electron chi connectivity index (χ0n) is 19.4. The molecule has 3 aromatic carbocycles. The summed E-state index contributed by atoms with van der Waals surface area (Å²) in [6, 6.07) is 21.0. The van der Waals surface area contributed by atoms with Crippen molar-refractivity contribution in [3.8, 4) is 16.9 Å². The highest BCUT2D eigenvalue weighted by atomic mass is 19.1. The van der Waals surface area contributed by atoms with Gasteiger partial charge in [-0.25, -0.2) is 9.18 Å². The molecule has 6 heteroatoms. The van der Waals surface area contributed by atoms with E-state index in [-0.39, 0.29) is 29.3 Å². The Bertz CT molecular complexity index is 1390. The second kappa shape index (κ2) is 9.91. The Morgan fingerprint density at radius 2 is 1.68 bits per heavy atom. The van der Waals surface area contributed by atoms with Crippen LogP contribution in [0.5, 0.6) is 5.75 Å². The van der Waals surface area contributed by atoms with Crippen LogP contribution in [0.3, 0.4) is 0 Å². The van der Waals surface area contributed by atoms with Crippen LogP contribution in [0, 0.1) is 11.7 Å². The van der Waals surface area contributed by atoms with E-state index in [0.29, 0.717) is 28.7 Å². The van der Waals surface area contributed by atoms with E-state index in [2.05, 4.69) is 0 Å². The molecule has 0 aliphatic heterocycles. The Hall–Kier alpha value is -3.93. The lowest BCUT2D eigenvalue weighted by Gasteiger charge is -2.20. The number of hydrogen-bond donors (Lipinski definition) is 0. The van der Waals surface area contributed by atoms with Gasteiger partial charge < -0.3 is 14.0 Å². The number of carbonyl (C=O) groups excluding carboxylic acids is 1. The Morgan fingerprint density at radius 3 is 2.35 bits per heavy atom. The normalized spacial score (nSPS) is 11.1. The maximum absolute atomic E-state index is 15.0. The summed E-state index contributed by atoms with van der Waals surface area (Å²) in [4.78, 5) is 26.5. The van der Waals surface area contributed by atoms with Crippen molar-refractivity contribution in [3.05, 3.63) is 100 Å². The van der Waals surface area contributed by atoms with E-state index in [1.54, 1.807) is 36.4 Å². The molecule has 0 fully saturated rings. The number of benzene rings is 3. The monoisotopic (exact) mass is 459 g/mol. The van der Waals surface area contributed by atoms with Crippen LogP contribution in [-0.4, -0.2) is 17.6 Å². The molecule has 1 aromatic heterocycles. The number of carbonyl (C=O) groups is 1. The van der Waals surface area contributed by atoms with Gasteiger partial charge >= 0.3 is 5.97 Å². The van der Waals surface area contributed by atoms with Crippen molar-refractivity contribution in [2.75, 3.05) is 7.11 Å². The minimum absolute atomic E-state index is 0.0269. The fourth-order valence-electron chi connectivity index (χ4n) is 4.04. The first kappa shape index (κ1) is 23.2. The van der Waals surface area contributed by atoms with Gasteiger partial charge in [0.05, 0.1) is 7.11 Å². The topological polar surface area (TPSA) is 57.5 Å². The van der Waals surface area contributed by atoms with Crippen LogP contribution in [0.1, 0.15) is 29.9 Å². The van der Waals surface area contributed by atoms with E-state index < -0.39 is 11.8 Å². The third-order valence-electron chi connectivity index (χ3n) is 5.56. The zero-order chi connectivity index (χ0) is 24.2. The van der Waals surface area contributed by atoms with Crippen molar-refractivity contribution in [1.29, 1.82) is 0 Å². The quantitative estimate of drug-likeness (QED) is 0.326. The summed E-state index contributed by atoms with van der Waals surface area (Å²) in [6.45, 7) is 4.50. The molecule has 0 spiro atoms. The Labute approximate surface area is 197 Å². The molecule has 0 amide bonds. The highest BCUT2D eigenvalue weighted by molar-refractivity contribution is 6.07. The average Bonchev–Trinajstić information content (AvgIpc) is 2.84. The minimum Gasteiger partial charge on any atom is -0.489 e. The number of methoxy groups -OCH3 is 1. The molecule has 174 valence electrons. The van der Waals surface area contributed by atoms with Crippen molar-refractivity contribution >= 4 is 16.7 Å². The van der Waals surface area contributed by atoms with Gasteiger partial charge in [0.2, 0.25) is 0 Å². The molecule has 4 aromatic rings. The standard InChI is InChI=1S/C28H26FNO4/c1-18(2)16-30-26(28(32)33-3)25(22-11-7-8-12-24(22)29)23-15-20(13-14-21(23)27(30)31)34-17-19-9-5-4-6-10-19/h4-15,18H,16-17H2,1-3H3. The van der Waals surface area contributed by atoms with Crippen molar-refractivity contribution < 1.29 is 18.7 Å². The smallest absolute Gasteiger partial charge is 0.355 e. The number of esters is 1. The Balaban J connectivity index is 2.00. The molecular formula is C28H26FNO4. The third kappa shape index (κ3) is 4.57. The summed E-state index contributed by atoms with van der Waals surface area (Å²) < 4.78 is 27.5. The lowest BCUT2D eigenvalue weighted by Crippen LogP contribution is -2.30. The summed E-state index contributed by atoms with van der Waals surface area (Å²) in [7, 11) is 1.25. The predicted octanol–water partition coefficient (Wildman–Crippen LogP) is 5.83. The number of nitrogens with zero attached hydrogens (tertiary/aromatic N) is 1. The summed E-state index contributed by atoms with van der Waals surface area (Å²) in [5.41, 5.74) is 1.20. The molecule has 0 unspecified atom stereocenters. The number of ether oxygens (including phenoxy) is 2. The predicted molar refractivity (Wildman–Crippen MR) is 131 cm³/mol. The van der Waals surface area contributed by atoms with Crippen LogP contribution in [0.25, 0.3) is 21.9 Å². The molecule has 0 radical (unpaired) electrons. The minimum atomic E-state index is -0.700. The number of halogens is 1. The van der Waals surface area contributed by atoms with E-state index in [0.717, 1.165) is 5.56 Å². The molecule has 0 N–H and O–H groups in total. The molecule has 0 bridgehead atoms. The van der Waals surface area contributed by atoms with Gasteiger partial charge in [-0.05, 0) is 35.7 Å². The highest BCUT2D eigenvalue weighted by Gasteiger charge is 2.26. The molecule has 34 heavy (non-hydrogen) atoms. The van der Waals surface area contributed by atoms with Gasteiger partial charge in [-0.3, -0.25) is 4.79 Å². The summed E-state index contributed by atoms with van der Waals surface area (Å²) in [5, 5.41) is 0.805. The molecule has 1 heterocycles. The van der Waals surface area contributed by atoms with Crippen LogP contribution in [-0.2, 0) is 17.9 Å². The fourth-order valence-corrected chi connectivity index (χ4v) is 4.04. The summed E-state index contributed by atoms with van der Waals surface area (Å²) in [5.74, 6) is -0.626. The Kier molecular flexibility index (Phi) is 6.77. The molecule has 4 rings (SSSR count). The first-order valence-corrected chi connectivity index (χ1v) is 11.1. The van der Waals surface area contributed by atoms with Crippen molar-refractivity contribution in [3.63, 3.8) is 0 Å². The van der Waals surface area contributed by atoms with Crippen LogP contribution >= 0.6 is 0 Å². The zero-order valence-corrected chi connectivity index (χ0v) is 19.4. The molecule has 0 aliphatic carbocycles. The van der Waals surface area contributed by atoms with Crippen molar-refractivity contribution in [1.82, 2.24) is 4.57 Å². The molecule has 5 nitrogen and oxygen atoms in total. The van der Waals surface area contributed by atoms with E-state index in [9.17, 15) is 9.59 Å². The van der Waals surface area contributed by atoms with Crippen LogP contribution < -0.4 is 10.3 Å². The van der Waals surface area contributed by atoms with E-state index in [1.165, 1.54) is 17.7 Å². The highest BCUT2D eigenvalue weighted by Crippen LogP contribution is 2.35. The number of rotatable bonds is 7. The van der Waals surface area contributed by atoms with Gasteiger partial charge in [0, 0.05) is 28.4 Å². The third-order valence-corrected chi connectivity index (χ3v) is 5.56. The average molecular weight is 460 g/mol. The molecule has 0 atom stereocenters. The second-order valence-corrected chi connectivity index (χ2v) is 8.49. The molecule has 0 saturated carbocycles. The van der Waals surface area contributed by atoms with Crippen molar-refractivity contribution in [2.24, 2.45) is 5.92 Å². The maximum Gasteiger partial charge on any atom is 0.355 e. The summed E-state index contributed by atoms with van der Waals surface area (Å²) >= 11 is 0. The second-order valence-electron chi connectivity index (χ2n) is 8.49. The lowest BCUT2D eigenvalue weighted by atomic mass is 9.95. The van der Waals surface area contributed by atoms with Gasteiger partial charge in [-0.15, -0.1) is 0 Å². The van der Waals surface area contributed by atoms with E-state index in [1.807, 2.05) is 44.2 Å². The first-order chi connectivity index (χ1) is 16.4. The van der Waals surface area contributed by atoms with Gasteiger partial charge in [0.1, 0.15) is 23.9 Å². The fraction of sp³-hybridized carbons (Fsp3) is 0.214. The number of aromatic nitrogens is 1. The van der Waals surface area contributed by atoms with Crippen LogP contribution in [0.15, 0.2) is 77.6 Å². The summed E-state index contributed by atoms with van der Waals surface area (Å²) in [6.07, 6.45) is 0. The number of hydrogen-bond acceptors (Lipinski definition) is 4. The van der Waals surface area contributed by atoms with Gasteiger partial charge in [-0.1, -0.05) is 62.4 Å². The largest absolute Gasteiger partial charge is 0.489 e. The van der Waals surface area contributed by atoms with Gasteiger partial charge in [0.15, 0.2) is 0 Å². The molecule has 0 aliphatic rings. The number of fused-ring (bicyclic) bond motifs is 1. The van der Waals surface area contributed by atoms with Crippen LogP contribution in [0.4, 0.5) is 4.39 Å². The van der Waals surface area contributed by atoms with E-state index >= 15 is 4.39 Å². The molecular weight excluding hydrogens is 433 g/mol. The van der Waals surface area contributed by atoms with Crippen LogP contribution in [0.2, 0.25) is 0 Å². The first-order valence-electron chi connectivity index (χ1n) is 11.1. The van der Waals surface area contributed by atoms with E-state index in [4.69, 9.17) is 9.47 Å². The number of pyridine rings is 1. The van der Waals surface area contributed by atoms with Crippen molar-refractivity contribution in [2.45, 2.75) is 27.0 Å². The SMILES string of the molecule is COC(=O)c1c(-c2ccccc2F)c2cc(OCc3ccccc3)ccc2c(=O)n1CC(C)C. The maximum atomic E-state index is 15.0. The lowest BCUT2D eigenvalue weighted by molar-refractivity contribution is 0.0587. The molecule has 0 saturated heterocycles.